The number of nitrogens with one attached hydrogen (secondary N) is 1. The maximum Gasteiger partial charge on any atom is 0.348 e. The number of amides is 1. The molecule has 0 heterocycles. The van der Waals surface area contributed by atoms with E-state index < -0.39 is 5.97 Å². The average molecular weight is 380 g/mol. The SMILES string of the molecule is CCOC(=O)/C(C#N)=C\c1ccc(OCC(=O)Nc2ccccc2)c(OC)c1. The van der Waals surface area contributed by atoms with Gasteiger partial charge in [0.05, 0.1) is 13.7 Å². The molecule has 1 amide bonds. The van der Waals surface area contributed by atoms with Gasteiger partial charge < -0.3 is 19.5 Å². The van der Waals surface area contributed by atoms with Crippen LogP contribution in [-0.4, -0.2) is 32.2 Å². The summed E-state index contributed by atoms with van der Waals surface area (Å²) in [5.41, 5.74) is 1.11. The molecule has 1 N–H and O–H groups in total. The highest BCUT2D eigenvalue weighted by molar-refractivity contribution is 5.98. The normalized spacial score (nSPS) is 10.5. The quantitative estimate of drug-likeness (QED) is 0.429. The van der Waals surface area contributed by atoms with Gasteiger partial charge in [-0.25, -0.2) is 4.79 Å². The third-order valence-corrected chi connectivity index (χ3v) is 3.53. The van der Waals surface area contributed by atoms with Crippen molar-refractivity contribution in [3.63, 3.8) is 0 Å². The molecule has 0 aliphatic heterocycles. The van der Waals surface area contributed by atoms with Crippen LogP contribution in [0.3, 0.4) is 0 Å². The number of para-hydroxylation sites is 1. The minimum atomic E-state index is -0.693. The lowest BCUT2D eigenvalue weighted by Gasteiger charge is -2.11. The van der Waals surface area contributed by atoms with Crippen molar-refractivity contribution in [1.29, 1.82) is 5.26 Å². The summed E-state index contributed by atoms with van der Waals surface area (Å²) in [5.74, 6) is -0.284. The second-order valence-electron chi connectivity index (χ2n) is 5.50. The second kappa shape index (κ2) is 10.4. The first-order valence-electron chi connectivity index (χ1n) is 8.52. The molecule has 144 valence electrons. The van der Waals surface area contributed by atoms with Crippen molar-refractivity contribution in [3.8, 4) is 17.6 Å². The smallest absolute Gasteiger partial charge is 0.348 e. The third kappa shape index (κ3) is 5.88. The zero-order chi connectivity index (χ0) is 20.4. The van der Waals surface area contributed by atoms with Gasteiger partial charge in [0.25, 0.3) is 5.91 Å². The van der Waals surface area contributed by atoms with Crippen molar-refractivity contribution < 1.29 is 23.8 Å². The van der Waals surface area contributed by atoms with E-state index in [1.165, 1.54) is 13.2 Å². The molecule has 7 nitrogen and oxygen atoms in total. The van der Waals surface area contributed by atoms with Crippen LogP contribution in [0.25, 0.3) is 6.08 Å². The van der Waals surface area contributed by atoms with Crippen LogP contribution < -0.4 is 14.8 Å². The highest BCUT2D eigenvalue weighted by atomic mass is 16.5. The molecule has 2 aromatic rings. The van der Waals surface area contributed by atoms with Crippen molar-refractivity contribution in [2.24, 2.45) is 0 Å². The number of rotatable bonds is 8. The number of nitriles is 1. The van der Waals surface area contributed by atoms with Gasteiger partial charge in [-0.05, 0) is 42.8 Å². The van der Waals surface area contributed by atoms with Crippen molar-refractivity contribution in [2.75, 3.05) is 25.6 Å². The largest absolute Gasteiger partial charge is 0.493 e. The Morgan fingerprint density at radius 3 is 2.54 bits per heavy atom. The topological polar surface area (TPSA) is 97.7 Å². The van der Waals surface area contributed by atoms with Gasteiger partial charge in [0.2, 0.25) is 0 Å². The summed E-state index contributed by atoms with van der Waals surface area (Å²) in [4.78, 5) is 23.7. The monoisotopic (exact) mass is 380 g/mol. The zero-order valence-electron chi connectivity index (χ0n) is 15.6. The van der Waals surface area contributed by atoms with E-state index in [4.69, 9.17) is 19.5 Å². The van der Waals surface area contributed by atoms with Gasteiger partial charge >= 0.3 is 5.97 Å². The maximum atomic E-state index is 12.0. The molecule has 0 saturated carbocycles. The van der Waals surface area contributed by atoms with Gasteiger partial charge in [-0.15, -0.1) is 0 Å². The van der Waals surface area contributed by atoms with Crippen LogP contribution in [-0.2, 0) is 14.3 Å². The minimum Gasteiger partial charge on any atom is -0.493 e. The van der Waals surface area contributed by atoms with Gasteiger partial charge in [-0.3, -0.25) is 4.79 Å². The number of hydrogen-bond acceptors (Lipinski definition) is 6. The molecule has 0 aliphatic carbocycles. The summed E-state index contributed by atoms with van der Waals surface area (Å²) < 4.78 is 15.6. The number of carbonyl (C=O) groups is 2. The first-order chi connectivity index (χ1) is 13.6. The Hall–Kier alpha value is -3.79. The van der Waals surface area contributed by atoms with E-state index in [-0.39, 0.29) is 24.7 Å². The Kier molecular flexibility index (Phi) is 7.61. The standard InChI is InChI=1S/C21H20N2O5/c1-3-27-21(25)16(13-22)11-15-9-10-18(19(12-15)26-2)28-14-20(24)23-17-7-5-4-6-8-17/h4-12H,3,14H2,1-2H3,(H,23,24)/b16-11-. The number of benzene rings is 2. The van der Waals surface area contributed by atoms with Crippen molar-refractivity contribution in [1.82, 2.24) is 0 Å². The summed E-state index contributed by atoms with van der Waals surface area (Å²) in [6.07, 6.45) is 1.40. The lowest BCUT2D eigenvalue weighted by molar-refractivity contribution is -0.137. The summed E-state index contributed by atoms with van der Waals surface area (Å²) in [5, 5.41) is 11.8. The minimum absolute atomic E-state index is 0.125. The fourth-order valence-electron chi connectivity index (χ4n) is 2.27. The first kappa shape index (κ1) is 20.5. The van der Waals surface area contributed by atoms with Crippen molar-refractivity contribution in [2.45, 2.75) is 6.92 Å². The highest BCUT2D eigenvalue weighted by Gasteiger charge is 2.12. The van der Waals surface area contributed by atoms with E-state index >= 15 is 0 Å². The Bertz CT molecular complexity index is 901. The number of ether oxygens (including phenoxy) is 3. The Morgan fingerprint density at radius 1 is 1.14 bits per heavy atom. The fourth-order valence-corrected chi connectivity index (χ4v) is 2.27. The van der Waals surface area contributed by atoms with Crippen LogP contribution in [0.4, 0.5) is 5.69 Å². The molecule has 0 aromatic heterocycles. The molecule has 0 spiro atoms. The maximum absolute atomic E-state index is 12.0. The molecule has 0 saturated heterocycles. The lowest BCUT2D eigenvalue weighted by Crippen LogP contribution is -2.20. The molecular weight excluding hydrogens is 360 g/mol. The molecule has 2 rings (SSSR count). The number of hydrogen-bond donors (Lipinski definition) is 1. The van der Waals surface area contributed by atoms with E-state index in [9.17, 15) is 9.59 Å². The number of anilines is 1. The molecule has 2 aromatic carbocycles. The molecule has 0 bridgehead atoms. The Balaban J connectivity index is 2.07. The average Bonchev–Trinajstić information content (AvgIpc) is 2.71. The number of methoxy groups -OCH3 is 1. The van der Waals surface area contributed by atoms with Crippen molar-refractivity contribution in [3.05, 3.63) is 59.7 Å². The molecular formula is C21H20N2O5. The molecule has 0 atom stereocenters. The molecule has 0 unspecified atom stereocenters. The van der Waals surface area contributed by atoms with E-state index in [1.54, 1.807) is 37.3 Å². The molecule has 0 aliphatic rings. The zero-order valence-corrected chi connectivity index (χ0v) is 15.6. The predicted octanol–water partition coefficient (Wildman–Crippen LogP) is 3.18. The predicted molar refractivity (Wildman–Crippen MR) is 104 cm³/mol. The van der Waals surface area contributed by atoms with Gasteiger partial charge in [-0.2, -0.15) is 5.26 Å². The Morgan fingerprint density at radius 2 is 1.89 bits per heavy atom. The number of nitrogens with zero attached hydrogens (tertiary/aromatic N) is 1. The molecule has 28 heavy (non-hydrogen) atoms. The first-order valence-corrected chi connectivity index (χ1v) is 8.52. The van der Waals surface area contributed by atoms with Crippen molar-refractivity contribution >= 4 is 23.6 Å². The van der Waals surface area contributed by atoms with Gasteiger partial charge in [0, 0.05) is 5.69 Å². The van der Waals surface area contributed by atoms with Crippen LogP contribution in [0.2, 0.25) is 0 Å². The summed E-state index contributed by atoms with van der Waals surface area (Å²) >= 11 is 0. The van der Waals surface area contributed by atoms with Crippen LogP contribution in [0.1, 0.15) is 12.5 Å². The summed E-state index contributed by atoms with van der Waals surface area (Å²) in [6, 6.07) is 15.7. The lowest BCUT2D eigenvalue weighted by atomic mass is 10.1. The second-order valence-corrected chi connectivity index (χ2v) is 5.50. The summed E-state index contributed by atoms with van der Waals surface area (Å²) in [7, 11) is 1.45. The molecule has 0 radical (unpaired) electrons. The molecule has 7 heteroatoms. The number of esters is 1. The molecule has 0 fully saturated rings. The van der Waals surface area contributed by atoms with Crippen LogP contribution in [0, 0.1) is 11.3 Å². The van der Waals surface area contributed by atoms with Gasteiger partial charge in [0.15, 0.2) is 18.1 Å². The van der Waals surface area contributed by atoms with Crippen LogP contribution >= 0.6 is 0 Å². The third-order valence-electron chi connectivity index (χ3n) is 3.53. The fraction of sp³-hybridized carbons (Fsp3) is 0.190. The number of carbonyl (C=O) groups excluding carboxylic acids is 2. The summed E-state index contributed by atoms with van der Waals surface area (Å²) in [6.45, 7) is 1.64. The Labute approximate surface area is 163 Å². The van der Waals surface area contributed by atoms with Gasteiger partial charge in [0.1, 0.15) is 11.6 Å². The highest BCUT2D eigenvalue weighted by Crippen LogP contribution is 2.29. The van der Waals surface area contributed by atoms with E-state index in [2.05, 4.69) is 5.32 Å². The van der Waals surface area contributed by atoms with E-state index in [0.29, 0.717) is 22.7 Å². The van der Waals surface area contributed by atoms with Crippen LogP contribution in [0.15, 0.2) is 54.1 Å². The van der Waals surface area contributed by atoms with Crippen LogP contribution in [0.5, 0.6) is 11.5 Å². The van der Waals surface area contributed by atoms with E-state index in [0.717, 1.165) is 0 Å². The van der Waals surface area contributed by atoms with Gasteiger partial charge in [-0.1, -0.05) is 24.3 Å². The van der Waals surface area contributed by atoms with E-state index in [1.807, 2.05) is 24.3 Å².